The van der Waals surface area contributed by atoms with Crippen molar-refractivity contribution < 1.29 is 5.76 Å². The molecule has 2 aliphatic rings. The third kappa shape index (κ3) is 7.94. The van der Waals surface area contributed by atoms with Crippen LogP contribution in [0.25, 0.3) is 142 Å². The van der Waals surface area contributed by atoms with Gasteiger partial charge in [0.05, 0.1) is 30.6 Å². The molecule has 0 unspecified atom stereocenters. The average Bonchev–Trinajstić information content (AvgIpc) is 1.64. The van der Waals surface area contributed by atoms with Crippen molar-refractivity contribution >= 4 is 145 Å². The Morgan fingerprint density at radius 1 is 0.349 bits per heavy atom. The van der Waals surface area contributed by atoms with Crippen molar-refractivity contribution in [2.45, 2.75) is 38.5 Å². The third-order valence-corrected chi connectivity index (χ3v) is 19.2. The first-order chi connectivity index (χ1) is 42.4. The number of hydrogen-bond donors (Lipinski definition) is 1. The van der Waals surface area contributed by atoms with Gasteiger partial charge in [-0.25, -0.2) is 0 Å². The number of thiol groups is 1. The van der Waals surface area contributed by atoms with Crippen molar-refractivity contribution in [1.82, 2.24) is 9.13 Å². The number of hydrogen-bond acceptors (Lipinski definition) is 2. The number of benzene rings is 14. The van der Waals surface area contributed by atoms with Gasteiger partial charge >= 0.3 is 24.8 Å². The van der Waals surface area contributed by atoms with Gasteiger partial charge in [-0.1, -0.05) is 195 Å². The molecular weight excluding hydrogens is 1130 g/mol. The number of fused-ring (bicyclic) bond motifs is 24. The van der Waals surface area contributed by atoms with Crippen LogP contribution in [0.15, 0.2) is 257 Å². The summed E-state index contributed by atoms with van der Waals surface area (Å²) in [5, 5.41) is 21.1. The molecule has 2 aliphatic carbocycles. The van der Waals surface area contributed by atoms with Gasteiger partial charge in [-0.15, -0.1) is 0 Å². The molecule has 0 spiro atoms. The van der Waals surface area contributed by atoms with Crippen LogP contribution < -0.4 is 0 Å². The van der Waals surface area contributed by atoms with E-state index in [9.17, 15) is 4.39 Å². The summed E-state index contributed by atoms with van der Waals surface area (Å²) in [6.07, 6.45) is 0. The van der Waals surface area contributed by atoms with Crippen molar-refractivity contribution in [1.29, 1.82) is 0 Å². The molecule has 0 N–H and O–H groups in total. The number of alkyl halides is 1. The van der Waals surface area contributed by atoms with E-state index in [0.29, 0.717) is 0 Å². The van der Waals surface area contributed by atoms with Crippen LogP contribution in [0, 0.1) is 0 Å². The molecule has 0 atom stereocenters. The Morgan fingerprint density at radius 3 is 1.00 bits per heavy atom. The SMILES string of the molecule is CC1(C)c2cc3c4ccccc4c4ccccc4c3cc2-c2cc3c(cc21)c1cc(Br)ccc1n3-c1ccccc1.CC1(C)c2cc3c4ccccc4c4ccccc4c3cc2-c2cc3c(cc21)c1ccccc1n3-c1ccccc1.[2H]CF.[B]=NS. The molecule has 2 heterocycles. The fraction of sp³-hybridized carbons (Fsp3) is 0.0886. The molecular formula is C79H57BBrFN3S. The molecule has 0 amide bonds. The Labute approximate surface area is 515 Å². The molecule has 16 aromatic rings. The number of nitrogens with zero attached hydrogens (tertiary/aromatic N) is 3. The minimum atomic E-state index is -1.00. The Balaban J connectivity index is 0.000000135. The first-order valence-corrected chi connectivity index (χ1v) is 30.3. The number of halogens is 2. The molecule has 0 fully saturated rings. The predicted molar refractivity (Wildman–Crippen MR) is 374 cm³/mol. The van der Waals surface area contributed by atoms with E-state index in [1.165, 1.54) is 164 Å². The normalized spacial score (nSPS) is 13.5. The molecule has 0 bridgehead atoms. The minimum absolute atomic E-state index is 0.101. The van der Waals surface area contributed by atoms with Gasteiger partial charge in [0.2, 0.25) is 0 Å². The number of rotatable bonds is 2. The summed E-state index contributed by atoms with van der Waals surface area (Å²) in [5.41, 5.74) is 18.2. The zero-order valence-electron chi connectivity index (χ0n) is 49.0. The molecule has 0 saturated heterocycles. The molecule has 86 heavy (non-hydrogen) atoms. The van der Waals surface area contributed by atoms with Crippen LogP contribution in [0.2, 0.25) is 0 Å². The van der Waals surface area contributed by atoms with E-state index in [2.05, 4.69) is 326 Å². The molecule has 0 aliphatic heterocycles. The summed E-state index contributed by atoms with van der Waals surface area (Å²) in [6.45, 7) is 9.58. The van der Waals surface area contributed by atoms with E-state index in [1.807, 2.05) is 0 Å². The van der Waals surface area contributed by atoms with Gasteiger partial charge in [-0.3, -0.25) is 4.39 Å². The van der Waals surface area contributed by atoms with Crippen molar-refractivity contribution in [2.24, 2.45) is 4.30 Å². The maximum atomic E-state index is 9.96. The molecule has 0 saturated carbocycles. The van der Waals surface area contributed by atoms with Gasteiger partial charge < -0.3 is 9.13 Å². The second-order valence-corrected chi connectivity index (χ2v) is 24.9. The van der Waals surface area contributed by atoms with Crippen LogP contribution >= 0.6 is 28.7 Å². The van der Waals surface area contributed by atoms with Crippen molar-refractivity contribution in [3.05, 3.63) is 275 Å². The van der Waals surface area contributed by atoms with E-state index in [1.54, 1.807) is 0 Å². The molecule has 18 rings (SSSR count). The monoisotopic (exact) mass is 1190 g/mol. The quantitative estimate of drug-likeness (QED) is 0.101. The van der Waals surface area contributed by atoms with E-state index in [0.717, 1.165) is 4.47 Å². The van der Waals surface area contributed by atoms with Crippen LogP contribution in [0.5, 0.6) is 0 Å². The predicted octanol–water partition coefficient (Wildman–Crippen LogP) is 22.6. The summed E-state index contributed by atoms with van der Waals surface area (Å²) < 4.78 is 24.1. The summed E-state index contributed by atoms with van der Waals surface area (Å²) in [5.74, 6) is 0. The Morgan fingerprint density at radius 2 is 0.616 bits per heavy atom. The summed E-state index contributed by atoms with van der Waals surface area (Å²) >= 11 is 6.94. The first-order valence-electron chi connectivity index (χ1n) is 29.8. The summed E-state index contributed by atoms with van der Waals surface area (Å²) in [4.78, 5) is 0. The summed E-state index contributed by atoms with van der Waals surface area (Å²) in [6, 6.07) is 92.3. The summed E-state index contributed by atoms with van der Waals surface area (Å²) in [7, 11) is 3.34. The zero-order valence-corrected chi connectivity index (χ0v) is 50.5. The fourth-order valence-corrected chi connectivity index (χ4v) is 15.3. The van der Waals surface area contributed by atoms with Crippen molar-refractivity contribution in [2.75, 3.05) is 7.15 Å². The van der Waals surface area contributed by atoms with Gasteiger partial charge in [0.15, 0.2) is 0 Å². The van der Waals surface area contributed by atoms with Crippen LogP contribution in [-0.4, -0.2) is 23.9 Å². The van der Waals surface area contributed by atoms with Crippen molar-refractivity contribution in [3.63, 3.8) is 0 Å². The second-order valence-electron chi connectivity index (χ2n) is 23.8. The Bertz CT molecular complexity index is 5520. The third-order valence-electron chi connectivity index (χ3n) is 18.7. The van der Waals surface area contributed by atoms with Crippen molar-refractivity contribution in [3.8, 4) is 33.6 Å². The van der Waals surface area contributed by atoms with Crippen LogP contribution in [-0.2, 0) is 10.8 Å². The average molecular weight is 1190 g/mol. The van der Waals surface area contributed by atoms with Gasteiger partial charge in [0.1, 0.15) is 0 Å². The number of para-hydroxylation sites is 3. The molecule has 2 aromatic heterocycles. The van der Waals surface area contributed by atoms with Gasteiger partial charge in [0, 0.05) is 48.2 Å². The fourth-order valence-electron chi connectivity index (χ4n) is 14.9. The van der Waals surface area contributed by atoms with Gasteiger partial charge in [-0.05, 0) is 206 Å². The molecule has 7 heteroatoms. The number of aromatic nitrogens is 2. The first kappa shape index (κ1) is 52.4. The van der Waals surface area contributed by atoms with Gasteiger partial charge in [-0.2, -0.15) is 0 Å². The molecule has 411 valence electrons. The van der Waals surface area contributed by atoms with Gasteiger partial charge in [0.25, 0.3) is 0 Å². The molecule has 3 nitrogen and oxygen atoms in total. The standard InChI is InChI=1S/C39H26BrN.C39H27N.CH3F.BHNS/c1-39(2)35-20-30-28-15-9-7-13-26(28)25-12-6-8-14-27(25)29(30)19-31(35)32-22-38-34(21-36(32)39)33-18-23(40)16-17-37(33)41(38)24-10-4-3-5-11-24;1-39(2)35-21-31-28-17-9-7-15-26(28)25-14-6-8-16-27(25)30(31)20-32(35)33-23-38-34(22-36(33)39)29-18-10-11-19-37(29)40(38)24-12-4-3-5-13-24;1-2;1-2-3/h3-22H,1-2H3;3-23H,1-2H3;1H3;3H/i;;1D;. The van der Waals surface area contributed by atoms with Crippen LogP contribution in [0.3, 0.4) is 0 Å². The second kappa shape index (κ2) is 20.5. The van der Waals surface area contributed by atoms with E-state index in [-0.39, 0.29) is 10.8 Å². The van der Waals surface area contributed by atoms with E-state index < -0.39 is 7.15 Å². The molecule has 1 radical (unpaired) electrons. The topological polar surface area (TPSA) is 22.2 Å². The van der Waals surface area contributed by atoms with E-state index in [4.69, 9.17) is 1.37 Å². The van der Waals surface area contributed by atoms with Crippen LogP contribution in [0.4, 0.5) is 4.39 Å². The Kier molecular flexibility index (Phi) is 12.5. The maximum absolute atomic E-state index is 9.96. The Hall–Kier alpha value is -9.14. The van der Waals surface area contributed by atoms with Crippen LogP contribution in [0.1, 0.15) is 51.3 Å². The zero-order chi connectivity index (χ0) is 59.5. The van der Waals surface area contributed by atoms with E-state index >= 15 is 0 Å². The molecule has 14 aromatic carbocycles.